The molecule has 33 heavy (non-hydrogen) atoms. The van der Waals surface area contributed by atoms with Crippen LogP contribution in [0.3, 0.4) is 0 Å². The zero-order chi connectivity index (χ0) is 22.9. The van der Waals surface area contributed by atoms with Crippen molar-refractivity contribution in [1.29, 1.82) is 0 Å². The van der Waals surface area contributed by atoms with Crippen molar-refractivity contribution in [3.63, 3.8) is 0 Å². The fraction of sp³-hybridized carbons (Fsp3) is 0.435. The van der Waals surface area contributed by atoms with Gasteiger partial charge in [0.1, 0.15) is 5.52 Å². The molecular weight excluding hydrogens is 458 g/mol. The molecule has 3 heterocycles. The van der Waals surface area contributed by atoms with Gasteiger partial charge in [0.2, 0.25) is 11.1 Å². The van der Waals surface area contributed by atoms with Crippen LogP contribution in [0, 0.1) is 5.92 Å². The SMILES string of the molecule is CCOC(=O)C1=C(NC(=O)CSc2nnc3c4ccccc4n(CC)c3n2)S[C@@H]2CCC[C@H]12. The van der Waals surface area contributed by atoms with Crippen LogP contribution < -0.4 is 5.32 Å². The van der Waals surface area contributed by atoms with Crippen molar-refractivity contribution in [3.8, 4) is 0 Å². The summed E-state index contributed by atoms with van der Waals surface area (Å²) in [4.78, 5) is 30.0. The van der Waals surface area contributed by atoms with Crippen LogP contribution in [-0.4, -0.2) is 49.2 Å². The first kappa shape index (κ1) is 22.2. The lowest BCUT2D eigenvalue weighted by Crippen LogP contribution is -2.26. The first-order chi connectivity index (χ1) is 16.1. The lowest BCUT2D eigenvalue weighted by molar-refractivity contribution is -0.139. The number of benzene rings is 1. The van der Waals surface area contributed by atoms with Gasteiger partial charge < -0.3 is 14.6 Å². The van der Waals surface area contributed by atoms with Gasteiger partial charge in [-0.2, -0.15) is 0 Å². The number of thioether (sulfide) groups is 2. The summed E-state index contributed by atoms with van der Waals surface area (Å²) in [6.07, 6.45) is 3.12. The molecule has 8 nitrogen and oxygen atoms in total. The number of para-hydroxylation sites is 1. The maximum Gasteiger partial charge on any atom is 0.336 e. The van der Waals surface area contributed by atoms with Gasteiger partial charge in [-0.3, -0.25) is 4.79 Å². The Labute approximate surface area is 199 Å². The summed E-state index contributed by atoms with van der Waals surface area (Å²) in [5.74, 6) is -0.200. The number of hydrogen-bond donors (Lipinski definition) is 1. The standard InChI is InChI=1S/C23H25N5O3S2/c1-3-28-15-10-6-5-8-13(15)19-20(28)25-23(27-26-19)32-12-17(29)24-21-18(22(30)31-4-2)14-9-7-11-16(14)33-21/h5-6,8,10,14,16H,3-4,7,9,11-12H2,1-2H3,(H,24,29)/t14-,16+/m0/s1. The number of carbonyl (C=O) groups excluding carboxylic acids is 2. The Morgan fingerprint density at radius 3 is 2.91 bits per heavy atom. The maximum absolute atomic E-state index is 12.7. The average molecular weight is 484 g/mol. The number of esters is 1. The second-order valence-electron chi connectivity index (χ2n) is 8.02. The van der Waals surface area contributed by atoms with Crippen LogP contribution in [0.25, 0.3) is 22.1 Å². The Balaban J connectivity index is 1.32. The molecule has 2 aliphatic rings. The van der Waals surface area contributed by atoms with Crippen LogP contribution in [0.1, 0.15) is 33.1 Å². The Bertz CT molecular complexity index is 1270. The number of carbonyl (C=O) groups is 2. The summed E-state index contributed by atoms with van der Waals surface area (Å²) in [7, 11) is 0. The lowest BCUT2D eigenvalue weighted by Gasteiger charge is -2.12. The van der Waals surface area contributed by atoms with Gasteiger partial charge in [-0.05, 0) is 32.8 Å². The molecule has 1 aromatic carbocycles. The molecule has 5 rings (SSSR count). The van der Waals surface area contributed by atoms with Crippen LogP contribution in [-0.2, 0) is 20.9 Å². The van der Waals surface area contributed by atoms with Gasteiger partial charge in [-0.1, -0.05) is 36.4 Å². The Morgan fingerprint density at radius 2 is 2.09 bits per heavy atom. The Hall–Kier alpha value is -2.59. The highest BCUT2D eigenvalue weighted by Gasteiger charge is 2.43. The van der Waals surface area contributed by atoms with E-state index in [0.29, 0.717) is 27.6 Å². The molecule has 2 aromatic heterocycles. The fourth-order valence-electron chi connectivity index (χ4n) is 4.69. The summed E-state index contributed by atoms with van der Waals surface area (Å²) >= 11 is 2.83. The monoisotopic (exact) mass is 483 g/mol. The van der Waals surface area contributed by atoms with E-state index in [1.54, 1.807) is 18.7 Å². The molecule has 0 unspecified atom stereocenters. The van der Waals surface area contributed by atoms with Crippen LogP contribution in [0.4, 0.5) is 0 Å². The lowest BCUT2D eigenvalue weighted by atomic mass is 9.98. The first-order valence-corrected chi connectivity index (χ1v) is 13.1. The maximum atomic E-state index is 12.7. The van der Waals surface area contributed by atoms with E-state index in [0.717, 1.165) is 47.9 Å². The normalized spacial score (nSPS) is 19.9. The molecule has 0 spiro atoms. The van der Waals surface area contributed by atoms with Gasteiger partial charge in [0, 0.05) is 23.1 Å². The average Bonchev–Trinajstić information content (AvgIpc) is 3.48. The van der Waals surface area contributed by atoms with Crippen LogP contribution in [0.15, 0.2) is 40.0 Å². The van der Waals surface area contributed by atoms with Crippen LogP contribution in [0.5, 0.6) is 0 Å². The number of amides is 1. The predicted molar refractivity (Wildman–Crippen MR) is 130 cm³/mol. The second-order valence-corrected chi connectivity index (χ2v) is 10.2. The minimum atomic E-state index is -0.312. The second kappa shape index (κ2) is 9.34. The van der Waals surface area contributed by atoms with E-state index in [-0.39, 0.29) is 23.5 Å². The van der Waals surface area contributed by atoms with Gasteiger partial charge in [-0.15, -0.1) is 22.0 Å². The van der Waals surface area contributed by atoms with Gasteiger partial charge in [0.15, 0.2) is 5.65 Å². The quantitative estimate of drug-likeness (QED) is 0.399. The van der Waals surface area contributed by atoms with E-state index in [4.69, 9.17) is 4.74 Å². The number of nitrogens with one attached hydrogen (secondary N) is 1. The number of nitrogens with zero attached hydrogens (tertiary/aromatic N) is 4. The molecule has 0 bridgehead atoms. The molecule has 2 atom stereocenters. The van der Waals surface area contributed by atoms with Crippen molar-refractivity contribution >= 4 is 57.5 Å². The minimum Gasteiger partial charge on any atom is -0.463 e. The van der Waals surface area contributed by atoms with E-state index >= 15 is 0 Å². The molecule has 1 aliphatic heterocycles. The molecule has 1 aliphatic carbocycles. The minimum absolute atomic E-state index is 0.134. The third-order valence-electron chi connectivity index (χ3n) is 6.09. The molecule has 1 saturated carbocycles. The van der Waals surface area contributed by atoms with E-state index in [2.05, 4.69) is 32.0 Å². The highest BCUT2D eigenvalue weighted by molar-refractivity contribution is 8.04. The van der Waals surface area contributed by atoms with Crippen molar-refractivity contribution in [2.24, 2.45) is 5.92 Å². The van der Waals surface area contributed by atoms with Gasteiger partial charge in [0.25, 0.3) is 0 Å². The fourth-order valence-corrected chi connectivity index (χ4v) is 6.83. The number of hydrogen-bond acceptors (Lipinski definition) is 8. The summed E-state index contributed by atoms with van der Waals surface area (Å²) < 4.78 is 7.37. The van der Waals surface area contributed by atoms with E-state index in [9.17, 15) is 9.59 Å². The van der Waals surface area contributed by atoms with Crippen molar-refractivity contribution in [2.45, 2.75) is 50.1 Å². The Kier molecular flexibility index (Phi) is 6.29. The molecule has 0 radical (unpaired) electrons. The molecule has 0 saturated heterocycles. The molecular formula is C23H25N5O3S2. The van der Waals surface area contributed by atoms with Crippen molar-refractivity contribution < 1.29 is 14.3 Å². The van der Waals surface area contributed by atoms with Gasteiger partial charge >= 0.3 is 5.97 Å². The van der Waals surface area contributed by atoms with Crippen LogP contribution >= 0.6 is 23.5 Å². The number of fused-ring (bicyclic) bond motifs is 4. The summed E-state index contributed by atoms with van der Waals surface area (Å²) in [6.45, 7) is 4.95. The van der Waals surface area contributed by atoms with Crippen molar-refractivity contribution in [3.05, 3.63) is 34.9 Å². The molecule has 172 valence electrons. The number of ether oxygens (including phenoxy) is 1. The summed E-state index contributed by atoms with van der Waals surface area (Å²) in [5, 5.41) is 14.0. The molecule has 3 aromatic rings. The van der Waals surface area contributed by atoms with Crippen LogP contribution in [0.2, 0.25) is 0 Å². The smallest absolute Gasteiger partial charge is 0.336 e. The van der Waals surface area contributed by atoms with Crippen molar-refractivity contribution in [1.82, 2.24) is 25.1 Å². The highest BCUT2D eigenvalue weighted by Crippen LogP contribution is 2.49. The molecule has 1 amide bonds. The summed E-state index contributed by atoms with van der Waals surface area (Å²) in [5.41, 5.74) is 3.23. The van der Waals surface area contributed by atoms with Gasteiger partial charge in [0.05, 0.1) is 28.5 Å². The zero-order valence-electron chi connectivity index (χ0n) is 18.5. The highest BCUT2D eigenvalue weighted by atomic mass is 32.2. The van der Waals surface area contributed by atoms with E-state index in [1.807, 2.05) is 24.3 Å². The number of aromatic nitrogens is 4. The number of rotatable bonds is 7. The molecule has 10 heteroatoms. The van der Waals surface area contributed by atoms with E-state index < -0.39 is 0 Å². The third kappa shape index (κ3) is 4.10. The predicted octanol–water partition coefficient (Wildman–Crippen LogP) is 3.90. The molecule has 1 fully saturated rings. The van der Waals surface area contributed by atoms with E-state index in [1.165, 1.54) is 11.8 Å². The van der Waals surface area contributed by atoms with Crippen molar-refractivity contribution in [2.75, 3.05) is 12.4 Å². The number of aryl methyl sites for hydroxylation is 1. The topological polar surface area (TPSA) is 99.0 Å². The largest absolute Gasteiger partial charge is 0.463 e. The Morgan fingerprint density at radius 1 is 1.24 bits per heavy atom. The van der Waals surface area contributed by atoms with Gasteiger partial charge in [-0.25, -0.2) is 9.78 Å². The first-order valence-electron chi connectivity index (χ1n) is 11.2. The summed E-state index contributed by atoms with van der Waals surface area (Å²) in [6, 6.07) is 8.04. The third-order valence-corrected chi connectivity index (χ3v) is 8.35. The molecule has 1 N–H and O–H groups in total. The zero-order valence-corrected chi connectivity index (χ0v) is 20.2.